The van der Waals surface area contributed by atoms with Crippen molar-refractivity contribution >= 4 is 22.9 Å². The zero-order valence-corrected chi connectivity index (χ0v) is 19.5. The fourth-order valence-electron chi connectivity index (χ4n) is 4.44. The third-order valence-electron chi connectivity index (χ3n) is 6.24. The molecule has 2 aliphatic heterocycles. The van der Waals surface area contributed by atoms with Gasteiger partial charge >= 0.3 is 0 Å². The van der Waals surface area contributed by atoms with Crippen LogP contribution in [-0.4, -0.2) is 41.4 Å². The van der Waals surface area contributed by atoms with Crippen molar-refractivity contribution in [3.05, 3.63) is 81.1 Å². The Labute approximate surface area is 193 Å². The first-order chi connectivity index (χ1) is 15.6. The molecule has 3 heterocycles. The number of halogens is 1. The van der Waals surface area contributed by atoms with Crippen LogP contribution in [-0.2, 0) is 12.8 Å². The Hall–Kier alpha value is -2.57. The highest BCUT2D eigenvalue weighted by atomic mass is 32.1. The standard InChI is InChI=1S/C26H29FN4S/c1-17(2)26-30-24-23(32-26)15-19-5-3-4-6-22(19)29-25(24)31-14-13-28-21(16-31)12-9-18-7-10-20(27)11-8-18/h3-8,10-11,17,21,28H,9,12-16H2,1-2H3/t21-/m0/s1. The predicted molar refractivity (Wildman–Crippen MR) is 130 cm³/mol. The van der Waals surface area contributed by atoms with Gasteiger partial charge in [0, 0.05) is 42.9 Å². The largest absolute Gasteiger partial charge is 0.352 e. The molecule has 6 heteroatoms. The average molecular weight is 449 g/mol. The van der Waals surface area contributed by atoms with Crippen molar-refractivity contribution < 1.29 is 4.39 Å². The van der Waals surface area contributed by atoms with E-state index in [0.717, 1.165) is 56.1 Å². The second kappa shape index (κ2) is 9.12. The maximum absolute atomic E-state index is 13.2. The zero-order chi connectivity index (χ0) is 22.1. The molecular formula is C26H29FN4S. The zero-order valence-electron chi connectivity index (χ0n) is 18.6. The maximum Gasteiger partial charge on any atom is 0.156 e. The highest BCUT2D eigenvalue weighted by molar-refractivity contribution is 7.12. The van der Waals surface area contributed by atoms with Crippen molar-refractivity contribution in [2.45, 2.75) is 45.1 Å². The number of aryl methyl sites for hydroxylation is 1. The number of fused-ring (bicyclic) bond motifs is 2. The minimum atomic E-state index is -0.179. The SMILES string of the molecule is CC(C)c1nc2c(s1)Cc1ccccc1N=C2N1CCN[C@@H](CCc2ccc(F)cc2)C1. The second-order valence-corrected chi connectivity index (χ2v) is 10.1. The summed E-state index contributed by atoms with van der Waals surface area (Å²) in [5.74, 6) is 1.25. The Morgan fingerprint density at radius 2 is 1.97 bits per heavy atom. The summed E-state index contributed by atoms with van der Waals surface area (Å²) in [4.78, 5) is 14.0. The number of benzene rings is 2. The van der Waals surface area contributed by atoms with Gasteiger partial charge in [0.2, 0.25) is 0 Å². The molecule has 0 unspecified atom stereocenters. The number of para-hydroxylation sites is 1. The van der Waals surface area contributed by atoms with Crippen molar-refractivity contribution in [2.75, 3.05) is 19.6 Å². The fraction of sp³-hybridized carbons (Fsp3) is 0.385. The number of aromatic nitrogens is 1. The summed E-state index contributed by atoms with van der Waals surface area (Å²) in [6, 6.07) is 15.7. The molecule has 0 bridgehead atoms. The van der Waals surface area contributed by atoms with Crippen molar-refractivity contribution in [2.24, 2.45) is 4.99 Å². The summed E-state index contributed by atoms with van der Waals surface area (Å²) >= 11 is 1.83. The number of aliphatic imine (C=N–C) groups is 1. The van der Waals surface area contributed by atoms with E-state index in [0.29, 0.717) is 12.0 Å². The molecule has 4 nitrogen and oxygen atoms in total. The quantitative estimate of drug-likeness (QED) is 0.589. The number of rotatable bonds is 4. The van der Waals surface area contributed by atoms with Crippen LogP contribution in [0.15, 0.2) is 53.5 Å². The molecule has 0 amide bonds. The van der Waals surface area contributed by atoms with Crippen molar-refractivity contribution in [3.8, 4) is 0 Å². The van der Waals surface area contributed by atoms with E-state index in [-0.39, 0.29) is 5.82 Å². The molecule has 32 heavy (non-hydrogen) atoms. The first-order valence-electron chi connectivity index (χ1n) is 11.5. The summed E-state index contributed by atoms with van der Waals surface area (Å²) in [5, 5.41) is 4.85. The van der Waals surface area contributed by atoms with Crippen LogP contribution in [0.5, 0.6) is 0 Å². The molecule has 166 valence electrons. The molecule has 0 aliphatic carbocycles. The van der Waals surface area contributed by atoms with Crippen molar-refractivity contribution in [3.63, 3.8) is 0 Å². The van der Waals surface area contributed by atoms with Crippen LogP contribution in [0.3, 0.4) is 0 Å². The molecule has 3 aromatic rings. The number of nitrogens with zero attached hydrogens (tertiary/aromatic N) is 3. The van der Waals surface area contributed by atoms with E-state index >= 15 is 0 Å². The molecule has 5 rings (SSSR count). The highest BCUT2D eigenvalue weighted by Crippen LogP contribution is 2.34. The third kappa shape index (κ3) is 4.48. The van der Waals surface area contributed by atoms with Gasteiger partial charge in [-0.1, -0.05) is 44.2 Å². The highest BCUT2D eigenvalue weighted by Gasteiger charge is 2.29. The Morgan fingerprint density at radius 3 is 2.78 bits per heavy atom. The van der Waals surface area contributed by atoms with E-state index in [1.165, 1.54) is 21.0 Å². The lowest BCUT2D eigenvalue weighted by Crippen LogP contribution is -2.53. The summed E-state index contributed by atoms with van der Waals surface area (Å²) in [6.07, 6.45) is 2.83. The van der Waals surface area contributed by atoms with Crippen LogP contribution in [0.2, 0.25) is 0 Å². The number of hydrogen-bond acceptors (Lipinski definition) is 5. The molecule has 1 saturated heterocycles. The predicted octanol–water partition coefficient (Wildman–Crippen LogP) is 5.29. The van der Waals surface area contributed by atoms with Gasteiger partial charge in [0.1, 0.15) is 11.5 Å². The fourth-order valence-corrected chi connectivity index (χ4v) is 5.53. The summed E-state index contributed by atoms with van der Waals surface area (Å²) < 4.78 is 13.2. The number of piperazine rings is 1. The van der Waals surface area contributed by atoms with Gasteiger partial charge in [0.15, 0.2) is 5.84 Å². The molecular weight excluding hydrogens is 419 g/mol. The van der Waals surface area contributed by atoms with Crippen molar-refractivity contribution in [1.29, 1.82) is 0 Å². The second-order valence-electron chi connectivity index (χ2n) is 8.98. The molecule has 1 atom stereocenters. The van der Waals surface area contributed by atoms with Gasteiger partial charge < -0.3 is 10.2 Å². The van der Waals surface area contributed by atoms with Gasteiger partial charge in [-0.05, 0) is 42.2 Å². The lowest BCUT2D eigenvalue weighted by Gasteiger charge is -2.35. The van der Waals surface area contributed by atoms with E-state index in [2.05, 4.69) is 48.3 Å². The van der Waals surface area contributed by atoms with Gasteiger partial charge in [0.25, 0.3) is 0 Å². The first kappa shape index (κ1) is 21.3. The van der Waals surface area contributed by atoms with Crippen LogP contribution in [0.1, 0.15) is 52.9 Å². The van der Waals surface area contributed by atoms with Crippen LogP contribution < -0.4 is 5.32 Å². The van der Waals surface area contributed by atoms with Gasteiger partial charge in [0.05, 0.1) is 10.7 Å². The minimum Gasteiger partial charge on any atom is -0.352 e. The number of thiazole rings is 1. The lowest BCUT2D eigenvalue weighted by atomic mass is 10.0. The van der Waals surface area contributed by atoms with Gasteiger partial charge in [-0.2, -0.15) is 0 Å². The molecule has 2 aliphatic rings. The molecule has 0 spiro atoms. The Kier molecular flexibility index (Phi) is 6.07. The van der Waals surface area contributed by atoms with E-state index < -0.39 is 0 Å². The third-order valence-corrected chi connectivity index (χ3v) is 7.59. The monoisotopic (exact) mass is 448 g/mol. The van der Waals surface area contributed by atoms with E-state index in [1.807, 2.05) is 23.5 Å². The number of amidine groups is 1. The van der Waals surface area contributed by atoms with Crippen LogP contribution in [0.25, 0.3) is 0 Å². The summed E-state index contributed by atoms with van der Waals surface area (Å²) in [6.45, 7) is 7.15. The molecule has 1 fully saturated rings. The van der Waals surface area contributed by atoms with E-state index in [1.54, 1.807) is 12.1 Å². The Balaban J connectivity index is 1.40. The maximum atomic E-state index is 13.2. The molecule has 0 saturated carbocycles. The normalized spacial score (nSPS) is 18.2. The van der Waals surface area contributed by atoms with E-state index in [4.69, 9.17) is 9.98 Å². The van der Waals surface area contributed by atoms with Crippen molar-refractivity contribution in [1.82, 2.24) is 15.2 Å². The average Bonchev–Trinajstić information content (AvgIpc) is 3.15. The Morgan fingerprint density at radius 1 is 1.16 bits per heavy atom. The Bertz CT molecular complexity index is 1120. The topological polar surface area (TPSA) is 40.5 Å². The smallest absolute Gasteiger partial charge is 0.156 e. The lowest BCUT2D eigenvalue weighted by molar-refractivity contribution is 0.282. The molecule has 0 radical (unpaired) electrons. The van der Waals surface area contributed by atoms with E-state index in [9.17, 15) is 4.39 Å². The van der Waals surface area contributed by atoms with Gasteiger partial charge in [-0.15, -0.1) is 11.3 Å². The van der Waals surface area contributed by atoms with Crippen LogP contribution in [0, 0.1) is 5.82 Å². The number of hydrogen-bond donors (Lipinski definition) is 1. The first-order valence-corrected chi connectivity index (χ1v) is 12.3. The van der Waals surface area contributed by atoms with Crippen LogP contribution in [0.4, 0.5) is 10.1 Å². The van der Waals surface area contributed by atoms with Gasteiger partial charge in [-0.3, -0.25) is 0 Å². The minimum absolute atomic E-state index is 0.179. The number of nitrogens with one attached hydrogen (secondary N) is 1. The van der Waals surface area contributed by atoms with Crippen LogP contribution >= 0.6 is 11.3 Å². The summed E-state index contributed by atoms with van der Waals surface area (Å²) in [7, 11) is 0. The molecule has 1 N–H and O–H groups in total. The summed E-state index contributed by atoms with van der Waals surface area (Å²) in [5.41, 5.74) is 4.56. The molecule has 2 aromatic carbocycles. The molecule has 1 aromatic heterocycles. The van der Waals surface area contributed by atoms with Gasteiger partial charge in [-0.25, -0.2) is 14.4 Å².